The average molecular weight is 485 g/mol. The van der Waals surface area contributed by atoms with Crippen LogP contribution in [-0.2, 0) is 14.3 Å². The first-order valence-electron chi connectivity index (χ1n) is 12.2. The lowest BCUT2D eigenvalue weighted by Crippen LogP contribution is -2.59. The zero-order valence-corrected chi connectivity index (χ0v) is 20.2. The summed E-state index contributed by atoms with van der Waals surface area (Å²) in [6, 6.07) is 13.3. The van der Waals surface area contributed by atoms with Gasteiger partial charge in [-0.05, 0) is 62.1 Å². The van der Waals surface area contributed by atoms with Gasteiger partial charge in [-0.15, -0.1) is 0 Å². The summed E-state index contributed by atoms with van der Waals surface area (Å²) in [4.78, 5) is 29.8. The van der Waals surface area contributed by atoms with Crippen molar-refractivity contribution in [2.24, 2.45) is 0 Å². The maximum absolute atomic E-state index is 13.3. The van der Waals surface area contributed by atoms with E-state index in [1.807, 2.05) is 36.1 Å². The van der Waals surface area contributed by atoms with Crippen LogP contribution in [0.5, 0.6) is 11.5 Å². The maximum Gasteiger partial charge on any atom is 0.260 e. The van der Waals surface area contributed by atoms with Crippen LogP contribution in [0.2, 0.25) is 0 Å². The summed E-state index contributed by atoms with van der Waals surface area (Å²) in [7, 11) is 0. The Balaban J connectivity index is 1.45. The number of rotatable bonds is 8. The number of ether oxygens (including phenoxy) is 3. The van der Waals surface area contributed by atoms with Gasteiger partial charge in [0.1, 0.15) is 29.5 Å². The second-order valence-electron chi connectivity index (χ2n) is 9.26. The maximum atomic E-state index is 13.3. The van der Waals surface area contributed by atoms with Gasteiger partial charge in [-0.3, -0.25) is 9.59 Å². The van der Waals surface area contributed by atoms with E-state index in [0.29, 0.717) is 18.0 Å². The van der Waals surface area contributed by atoms with Crippen molar-refractivity contribution in [1.29, 1.82) is 0 Å². The SMILES string of the molecule is Cc1ccccc1OCC(=O)N1CCOC(COc2ccc(F)cc2)(CC(=O)N2CCCCC2)C1. The van der Waals surface area contributed by atoms with Crippen molar-refractivity contribution in [1.82, 2.24) is 9.80 Å². The van der Waals surface area contributed by atoms with E-state index in [-0.39, 0.29) is 50.4 Å². The van der Waals surface area contributed by atoms with Gasteiger partial charge >= 0.3 is 0 Å². The van der Waals surface area contributed by atoms with Gasteiger partial charge in [0, 0.05) is 19.6 Å². The molecule has 2 amide bonds. The standard InChI is InChI=1S/C27H33FN2O5/c1-21-7-3-4-8-24(21)33-18-26(32)30-15-16-35-27(19-30,17-25(31)29-13-5-2-6-14-29)20-34-23-11-9-22(28)10-12-23/h3-4,7-12H,2,5-6,13-20H2,1H3. The molecule has 2 aromatic rings. The highest BCUT2D eigenvalue weighted by molar-refractivity contribution is 5.79. The highest BCUT2D eigenvalue weighted by Gasteiger charge is 2.42. The third-order valence-corrected chi connectivity index (χ3v) is 6.54. The summed E-state index contributed by atoms with van der Waals surface area (Å²) in [5.74, 6) is 0.615. The van der Waals surface area contributed by atoms with E-state index in [0.717, 1.165) is 37.9 Å². The minimum absolute atomic E-state index is 0.00198. The van der Waals surface area contributed by atoms with E-state index in [2.05, 4.69) is 0 Å². The number of carbonyl (C=O) groups excluding carboxylic acids is 2. The molecule has 2 aliphatic rings. The average Bonchev–Trinajstić information content (AvgIpc) is 2.88. The van der Waals surface area contributed by atoms with Crippen LogP contribution in [0.25, 0.3) is 0 Å². The fourth-order valence-corrected chi connectivity index (χ4v) is 4.53. The largest absolute Gasteiger partial charge is 0.490 e. The molecule has 0 spiro atoms. The molecule has 35 heavy (non-hydrogen) atoms. The van der Waals surface area contributed by atoms with Crippen LogP contribution in [0.15, 0.2) is 48.5 Å². The van der Waals surface area contributed by atoms with Gasteiger partial charge in [0.15, 0.2) is 6.61 Å². The summed E-state index contributed by atoms with van der Waals surface area (Å²) in [5.41, 5.74) is -0.0455. The van der Waals surface area contributed by atoms with E-state index >= 15 is 0 Å². The number of benzene rings is 2. The molecule has 0 bridgehead atoms. The number of para-hydroxylation sites is 1. The molecule has 4 rings (SSSR count). The zero-order valence-electron chi connectivity index (χ0n) is 20.2. The molecule has 0 aromatic heterocycles. The van der Waals surface area contributed by atoms with Gasteiger partial charge in [-0.2, -0.15) is 0 Å². The number of nitrogens with zero attached hydrogens (tertiary/aromatic N) is 2. The Morgan fingerprint density at radius 2 is 1.69 bits per heavy atom. The Kier molecular flexibility index (Phi) is 8.23. The fourth-order valence-electron chi connectivity index (χ4n) is 4.53. The summed E-state index contributed by atoms with van der Waals surface area (Å²) in [6.45, 7) is 4.28. The van der Waals surface area contributed by atoms with Crippen molar-refractivity contribution >= 4 is 11.8 Å². The molecule has 2 saturated heterocycles. The number of piperidine rings is 1. The molecule has 0 aliphatic carbocycles. The Bertz CT molecular complexity index is 1010. The Morgan fingerprint density at radius 3 is 2.43 bits per heavy atom. The molecule has 0 saturated carbocycles. The van der Waals surface area contributed by atoms with Gasteiger partial charge in [-0.25, -0.2) is 4.39 Å². The van der Waals surface area contributed by atoms with E-state index in [4.69, 9.17) is 14.2 Å². The summed E-state index contributed by atoms with van der Waals surface area (Å²) in [6.07, 6.45) is 3.22. The molecule has 2 heterocycles. The Hall–Kier alpha value is -3.13. The molecule has 7 nitrogen and oxygen atoms in total. The van der Waals surface area contributed by atoms with Crippen LogP contribution >= 0.6 is 0 Å². The monoisotopic (exact) mass is 484 g/mol. The van der Waals surface area contributed by atoms with E-state index in [1.54, 1.807) is 4.90 Å². The number of amides is 2. The second-order valence-corrected chi connectivity index (χ2v) is 9.26. The Morgan fingerprint density at radius 1 is 0.943 bits per heavy atom. The number of likely N-dealkylation sites (tertiary alicyclic amines) is 1. The minimum Gasteiger partial charge on any atom is -0.490 e. The predicted molar refractivity (Wildman–Crippen MR) is 129 cm³/mol. The molecule has 1 unspecified atom stereocenters. The van der Waals surface area contributed by atoms with Crippen LogP contribution < -0.4 is 9.47 Å². The predicted octanol–water partition coefficient (Wildman–Crippen LogP) is 3.59. The third kappa shape index (κ3) is 6.72. The number of hydrogen-bond acceptors (Lipinski definition) is 5. The molecular formula is C27H33FN2O5. The first-order valence-corrected chi connectivity index (χ1v) is 12.2. The molecule has 2 aromatic carbocycles. The molecule has 0 radical (unpaired) electrons. The van der Waals surface area contributed by atoms with Crippen molar-refractivity contribution in [3.05, 3.63) is 59.9 Å². The Labute approximate surface area is 205 Å². The van der Waals surface area contributed by atoms with E-state index in [9.17, 15) is 14.0 Å². The second kappa shape index (κ2) is 11.5. The van der Waals surface area contributed by atoms with Crippen LogP contribution in [0.4, 0.5) is 4.39 Å². The van der Waals surface area contributed by atoms with Gasteiger partial charge in [0.2, 0.25) is 5.91 Å². The van der Waals surface area contributed by atoms with E-state index in [1.165, 1.54) is 24.3 Å². The minimum atomic E-state index is -1.00. The molecule has 8 heteroatoms. The molecule has 1 atom stereocenters. The fraction of sp³-hybridized carbons (Fsp3) is 0.481. The number of morpholine rings is 1. The lowest BCUT2D eigenvalue weighted by atomic mass is 9.96. The molecular weight excluding hydrogens is 451 g/mol. The molecule has 0 N–H and O–H groups in total. The number of carbonyl (C=O) groups is 2. The molecule has 2 aliphatic heterocycles. The lowest BCUT2D eigenvalue weighted by molar-refractivity contribution is -0.167. The highest BCUT2D eigenvalue weighted by atomic mass is 19.1. The third-order valence-electron chi connectivity index (χ3n) is 6.54. The van der Waals surface area contributed by atoms with Crippen molar-refractivity contribution in [2.75, 3.05) is 46.0 Å². The van der Waals surface area contributed by atoms with Crippen molar-refractivity contribution < 1.29 is 28.2 Å². The molecule has 188 valence electrons. The van der Waals surface area contributed by atoms with Gasteiger partial charge in [-0.1, -0.05) is 18.2 Å². The topological polar surface area (TPSA) is 68.3 Å². The van der Waals surface area contributed by atoms with Crippen molar-refractivity contribution in [3.8, 4) is 11.5 Å². The first-order chi connectivity index (χ1) is 16.9. The van der Waals surface area contributed by atoms with Gasteiger partial charge in [0.05, 0.1) is 19.6 Å². The summed E-state index contributed by atoms with van der Waals surface area (Å²) < 4.78 is 31.2. The zero-order chi connectivity index (χ0) is 24.7. The summed E-state index contributed by atoms with van der Waals surface area (Å²) >= 11 is 0. The van der Waals surface area contributed by atoms with Gasteiger partial charge in [0.25, 0.3) is 5.91 Å². The highest BCUT2D eigenvalue weighted by Crippen LogP contribution is 2.27. The number of aryl methyl sites for hydroxylation is 1. The number of halogens is 1. The smallest absolute Gasteiger partial charge is 0.260 e. The first kappa shape index (κ1) is 25.0. The quantitative estimate of drug-likeness (QED) is 0.573. The van der Waals surface area contributed by atoms with Crippen LogP contribution in [0.3, 0.4) is 0 Å². The number of hydrogen-bond donors (Lipinski definition) is 0. The van der Waals surface area contributed by atoms with Crippen molar-refractivity contribution in [2.45, 2.75) is 38.2 Å². The van der Waals surface area contributed by atoms with Crippen molar-refractivity contribution in [3.63, 3.8) is 0 Å². The lowest BCUT2D eigenvalue weighted by Gasteiger charge is -2.43. The van der Waals surface area contributed by atoms with Crippen LogP contribution in [0, 0.1) is 12.7 Å². The van der Waals surface area contributed by atoms with Gasteiger partial charge < -0.3 is 24.0 Å². The van der Waals surface area contributed by atoms with Crippen LogP contribution in [0.1, 0.15) is 31.2 Å². The van der Waals surface area contributed by atoms with Crippen LogP contribution in [-0.4, -0.2) is 73.2 Å². The van der Waals surface area contributed by atoms with E-state index < -0.39 is 5.60 Å². The normalized spacial score (nSPS) is 20.4. The molecule has 2 fully saturated rings. The summed E-state index contributed by atoms with van der Waals surface area (Å²) in [5, 5.41) is 0.